The number of fused-ring (bicyclic) bond motifs is 1. The Morgan fingerprint density at radius 3 is 2.64 bits per heavy atom. The first-order valence-electron chi connectivity index (χ1n) is 8.89. The number of amides is 1. The summed E-state index contributed by atoms with van der Waals surface area (Å²) in [5.41, 5.74) is 8.42. The van der Waals surface area contributed by atoms with Gasteiger partial charge in [-0.1, -0.05) is 6.07 Å². The Hall–Kier alpha value is -2.28. The van der Waals surface area contributed by atoms with Gasteiger partial charge in [-0.3, -0.25) is 4.79 Å². The van der Waals surface area contributed by atoms with Crippen LogP contribution in [0.1, 0.15) is 25.0 Å². The summed E-state index contributed by atoms with van der Waals surface area (Å²) in [7, 11) is 0. The summed E-state index contributed by atoms with van der Waals surface area (Å²) in [5.74, 6) is 0.815. The average Bonchev–Trinajstić information content (AvgIpc) is 3.27. The molecule has 2 unspecified atom stereocenters. The highest BCUT2D eigenvalue weighted by molar-refractivity contribution is 5.92. The Labute approximate surface area is 176 Å². The van der Waals surface area contributed by atoms with E-state index < -0.39 is 0 Å². The lowest BCUT2D eigenvalue weighted by molar-refractivity contribution is -0.119. The largest absolute Gasteiger partial charge is 0.487 e. The van der Waals surface area contributed by atoms with Gasteiger partial charge < -0.3 is 20.2 Å². The molecule has 0 saturated heterocycles. The molecule has 1 aromatic carbocycles. The Morgan fingerprint density at radius 2 is 1.96 bits per heavy atom. The van der Waals surface area contributed by atoms with Crippen LogP contribution in [0.25, 0.3) is 5.65 Å². The molecule has 0 spiro atoms. The SMILES string of the molecule is Cl.Cl.NC1CCC(C(=O)Nc2ccc(OCc3cn4ccccc4n3)cc2)C1. The van der Waals surface area contributed by atoms with Gasteiger partial charge in [-0.05, 0) is 55.7 Å². The van der Waals surface area contributed by atoms with Gasteiger partial charge in [0.05, 0.1) is 5.69 Å². The molecule has 0 bridgehead atoms. The van der Waals surface area contributed by atoms with E-state index in [9.17, 15) is 4.79 Å². The van der Waals surface area contributed by atoms with Crippen molar-refractivity contribution in [1.82, 2.24) is 9.38 Å². The van der Waals surface area contributed by atoms with Crippen molar-refractivity contribution < 1.29 is 9.53 Å². The number of carbonyl (C=O) groups excluding carboxylic acids is 1. The molecule has 8 heteroatoms. The number of nitrogens with two attached hydrogens (primary N) is 1. The predicted octanol–water partition coefficient (Wildman–Crippen LogP) is 3.82. The van der Waals surface area contributed by atoms with Crippen molar-refractivity contribution >= 4 is 42.1 Å². The molecular formula is C20H24Cl2N4O2. The van der Waals surface area contributed by atoms with E-state index in [1.54, 1.807) is 0 Å². The molecule has 1 aliphatic rings. The predicted molar refractivity (Wildman–Crippen MR) is 114 cm³/mol. The number of pyridine rings is 1. The molecule has 6 nitrogen and oxygen atoms in total. The van der Waals surface area contributed by atoms with Crippen LogP contribution in [0.4, 0.5) is 5.69 Å². The van der Waals surface area contributed by atoms with Gasteiger partial charge in [0.15, 0.2) is 0 Å². The summed E-state index contributed by atoms with van der Waals surface area (Å²) in [6.45, 7) is 0.396. The average molecular weight is 423 g/mol. The quantitative estimate of drug-likeness (QED) is 0.654. The number of hydrogen-bond acceptors (Lipinski definition) is 4. The Kier molecular flexibility index (Phi) is 7.69. The second-order valence-electron chi connectivity index (χ2n) is 6.77. The number of halogens is 2. The molecule has 0 radical (unpaired) electrons. The van der Waals surface area contributed by atoms with Crippen LogP contribution in [0.15, 0.2) is 54.9 Å². The highest BCUT2D eigenvalue weighted by atomic mass is 35.5. The van der Waals surface area contributed by atoms with Gasteiger partial charge in [0.25, 0.3) is 0 Å². The number of anilines is 1. The molecule has 2 atom stereocenters. The lowest BCUT2D eigenvalue weighted by atomic mass is 10.1. The maximum Gasteiger partial charge on any atom is 0.227 e. The second-order valence-corrected chi connectivity index (χ2v) is 6.77. The number of hydrogen-bond donors (Lipinski definition) is 2. The number of nitrogens with zero attached hydrogens (tertiary/aromatic N) is 2. The molecule has 0 aliphatic heterocycles. The Morgan fingerprint density at radius 1 is 1.18 bits per heavy atom. The summed E-state index contributed by atoms with van der Waals surface area (Å²) in [5, 5.41) is 2.96. The molecule has 1 amide bonds. The number of ether oxygens (including phenoxy) is 1. The minimum absolute atomic E-state index is 0. The minimum atomic E-state index is 0. The third-order valence-corrected chi connectivity index (χ3v) is 4.77. The molecule has 1 fully saturated rings. The van der Waals surface area contributed by atoms with Crippen molar-refractivity contribution in [2.45, 2.75) is 31.9 Å². The van der Waals surface area contributed by atoms with Gasteiger partial charge in [-0.15, -0.1) is 24.8 Å². The Balaban J connectivity index is 0.00000140. The monoisotopic (exact) mass is 422 g/mol. The van der Waals surface area contributed by atoms with E-state index in [0.29, 0.717) is 6.61 Å². The third-order valence-electron chi connectivity index (χ3n) is 4.77. The van der Waals surface area contributed by atoms with Crippen molar-refractivity contribution in [2.24, 2.45) is 11.7 Å². The number of benzene rings is 1. The standard InChI is InChI=1S/C20H22N4O2.2ClH/c21-15-5-4-14(11-15)20(25)23-16-6-8-18(9-7-16)26-13-17-12-24-10-2-1-3-19(24)22-17;;/h1-3,6-10,12,14-15H,4-5,11,13,21H2,(H,23,25);2*1H. The zero-order chi connectivity index (χ0) is 17.9. The lowest BCUT2D eigenvalue weighted by Crippen LogP contribution is -2.23. The topological polar surface area (TPSA) is 81.7 Å². The molecule has 28 heavy (non-hydrogen) atoms. The smallest absolute Gasteiger partial charge is 0.227 e. The number of rotatable bonds is 5. The van der Waals surface area contributed by atoms with Crippen LogP contribution in [-0.4, -0.2) is 21.3 Å². The molecule has 1 saturated carbocycles. The molecule has 1 aliphatic carbocycles. The van der Waals surface area contributed by atoms with Gasteiger partial charge in [0.1, 0.15) is 18.0 Å². The summed E-state index contributed by atoms with van der Waals surface area (Å²) in [6, 6.07) is 13.4. The van der Waals surface area contributed by atoms with Crippen molar-refractivity contribution in [3.8, 4) is 5.75 Å². The zero-order valence-electron chi connectivity index (χ0n) is 15.3. The first kappa shape index (κ1) is 22.0. The van der Waals surface area contributed by atoms with Crippen LogP contribution in [0.5, 0.6) is 5.75 Å². The van der Waals surface area contributed by atoms with Gasteiger partial charge in [-0.25, -0.2) is 4.98 Å². The van der Waals surface area contributed by atoms with Crippen molar-refractivity contribution in [3.63, 3.8) is 0 Å². The van der Waals surface area contributed by atoms with Crippen LogP contribution in [0.2, 0.25) is 0 Å². The summed E-state index contributed by atoms with van der Waals surface area (Å²) in [4.78, 5) is 16.7. The van der Waals surface area contributed by atoms with E-state index in [0.717, 1.165) is 42.0 Å². The third kappa shape index (κ3) is 5.16. The van der Waals surface area contributed by atoms with E-state index in [1.165, 1.54) is 0 Å². The molecule has 2 aromatic heterocycles. The Bertz CT molecular complexity index is 881. The summed E-state index contributed by atoms with van der Waals surface area (Å²) in [6.07, 6.45) is 6.48. The number of imidazole rings is 1. The summed E-state index contributed by atoms with van der Waals surface area (Å²) < 4.78 is 7.75. The fourth-order valence-electron chi connectivity index (χ4n) is 3.35. The van der Waals surface area contributed by atoms with Crippen molar-refractivity contribution in [2.75, 3.05) is 5.32 Å². The fourth-order valence-corrected chi connectivity index (χ4v) is 3.35. The molecular weight excluding hydrogens is 399 g/mol. The minimum Gasteiger partial charge on any atom is -0.487 e. The zero-order valence-corrected chi connectivity index (χ0v) is 16.9. The van der Waals surface area contributed by atoms with Crippen LogP contribution in [0, 0.1) is 5.92 Å². The van der Waals surface area contributed by atoms with Gasteiger partial charge in [0, 0.05) is 30.0 Å². The normalized spacial score (nSPS) is 18.2. The van der Waals surface area contributed by atoms with Crippen LogP contribution in [0.3, 0.4) is 0 Å². The van der Waals surface area contributed by atoms with Gasteiger partial charge in [-0.2, -0.15) is 0 Å². The molecule has 150 valence electrons. The highest BCUT2D eigenvalue weighted by Crippen LogP contribution is 2.26. The van der Waals surface area contributed by atoms with Crippen LogP contribution < -0.4 is 15.8 Å². The maximum atomic E-state index is 12.2. The molecule has 2 heterocycles. The van der Waals surface area contributed by atoms with E-state index >= 15 is 0 Å². The van der Waals surface area contributed by atoms with E-state index in [-0.39, 0.29) is 42.7 Å². The lowest BCUT2D eigenvalue weighted by Gasteiger charge is -2.11. The highest BCUT2D eigenvalue weighted by Gasteiger charge is 2.27. The van der Waals surface area contributed by atoms with Crippen molar-refractivity contribution in [1.29, 1.82) is 0 Å². The molecule has 3 N–H and O–H groups in total. The van der Waals surface area contributed by atoms with Gasteiger partial charge >= 0.3 is 0 Å². The van der Waals surface area contributed by atoms with E-state index in [4.69, 9.17) is 10.5 Å². The van der Waals surface area contributed by atoms with Crippen LogP contribution >= 0.6 is 24.8 Å². The van der Waals surface area contributed by atoms with Gasteiger partial charge in [0.2, 0.25) is 5.91 Å². The molecule has 3 aromatic rings. The number of aromatic nitrogens is 2. The van der Waals surface area contributed by atoms with Crippen molar-refractivity contribution in [3.05, 3.63) is 60.6 Å². The molecule has 4 rings (SSSR count). The number of nitrogens with one attached hydrogen (secondary N) is 1. The van der Waals surface area contributed by atoms with E-state index in [1.807, 2.05) is 59.3 Å². The van der Waals surface area contributed by atoms with Crippen LogP contribution in [-0.2, 0) is 11.4 Å². The first-order chi connectivity index (χ1) is 12.7. The number of carbonyl (C=O) groups is 1. The first-order valence-corrected chi connectivity index (χ1v) is 8.89. The van der Waals surface area contributed by atoms with E-state index in [2.05, 4.69) is 10.3 Å². The summed E-state index contributed by atoms with van der Waals surface area (Å²) >= 11 is 0. The second kappa shape index (κ2) is 9.78. The maximum absolute atomic E-state index is 12.2. The fraction of sp³-hybridized carbons (Fsp3) is 0.300.